The molecule has 0 aliphatic carbocycles. The Balaban J connectivity index is 1.94. The summed E-state index contributed by atoms with van der Waals surface area (Å²) in [6.45, 7) is 7.05. The number of anilines is 1. The molecule has 1 unspecified atom stereocenters. The van der Waals surface area contributed by atoms with Gasteiger partial charge < -0.3 is 11.1 Å². The molecule has 1 aliphatic heterocycles. The van der Waals surface area contributed by atoms with Gasteiger partial charge in [0.1, 0.15) is 5.82 Å². The maximum Gasteiger partial charge on any atom is 0.224 e. The second-order valence-electron chi connectivity index (χ2n) is 5.31. The second kappa shape index (κ2) is 5.52. The lowest BCUT2D eigenvalue weighted by Crippen LogP contribution is -2.37. The minimum absolute atomic E-state index is 0.219. The van der Waals surface area contributed by atoms with Crippen LogP contribution in [0.3, 0.4) is 0 Å². The molecule has 1 saturated heterocycles. The maximum atomic E-state index is 11.4. The molecule has 1 aromatic heterocycles. The molecule has 0 aromatic carbocycles. The number of hydrogen-bond donors (Lipinski definition) is 2. The Kier molecular flexibility index (Phi) is 3.99. The highest BCUT2D eigenvalue weighted by molar-refractivity contribution is 5.81. The van der Waals surface area contributed by atoms with Crippen LogP contribution in [-0.2, 0) is 11.3 Å². The topological polar surface area (TPSA) is 84.1 Å². The number of carbonyl (C=O) groups excluding carboxylic acids is 1. The van der Waals surface area contributed by atoms with E-state index in [4.69, 9.17) is 5.73 Å². The third kappa shape index (κ3) is 3.20. The minimum atomic E-state index is -0.406. The number of nitrogens with zero attached hydrogens (tertiary/aromatic N) is 3. The molecule has 0 saturated carbocycles. The van der Waals surface area contributed by atoms with Crippen molar-refractivity contribution in [2.75, 3.05) is 25.0 Å². The molecule has 1 amide bonds. The Hall–Kier alpha value is -1.69. The van der Waals surface area contributed by atoms with Crippen molar-refractivity contribution in [1.82, 2.24) is 14.9 Å². The Labute approximate surface area is 113 Å². The Morgan fingerprint density at radius 2 is 2.32 bits per heavy atom. The first kappa shape index (κ1) is 13.7. The fourth-order valence-electron chi connectivity index (χ4n) is 2.33. The standard InChI is InChI=1S/C13H21N5O/c1-3-15-11-7-16-10(6-17-11)8-18-5-4-13(2,9-18)12(14)19/h6-7H,3-5,8-9H2,1-2H3,(H2,14,19)(H,15,17). The van der Waals surface area contributed by atoms with Crippen molar-refractivity contribution in [1.29, 1.82) is 0 Å². The summed E-state index contributed by atoms with van der Waals surface area (Å²) in [5.41, 5.74) is 5.95. The van der Waals surface area contributed by atoms with Gasteiger partial charge in [-0.2, -0.15) is 0 Å². The van der Waals surface area contributed by atoms with E-state index in [0.29, 0.717) is 13.1 Å². The number of nitrogens with two attached hydrogens (primary N) is 1. The first-order valence-corrected chi connectivity index (χ1v) is 6.60. The highest BCUT2D eigenvalue weighted by atomic mass is 16.1. The van der Waals surface area contributed by atoms with Crippen LogP contribution >= 0.6 is 0 Å². The predicted molar refractivity (Wildman–Crippen MR) is 73.4 cm³/mol. The van der Waals surface area contributed by atoms with Crippen LogP contribution in [0.5, 0.6) is 0 Å². The van der Waals surface area contributed by atoms with Gasteiger partial charge in [-0.25, -0.2) is 4.98 Å². The van der Waals surface area contributed by atoms with E-state index in [0.717, 1.165) is 31.0 Å². The summed E-state index contributed by atoms with van der Waals surface area (Å²) in [6, 6.07) is 0. The van der Waals surface area contributed by atoms with Crippen molar-refractivity contribution in [3.8, 4) is 0 Å². The molecule has 104 valence electrons. The molecule has 2 heterocycles. The maximum absolute atomic E-state index is 11.4. The normalized spacial score (nSPS) is 23.5. The van der Waals surface area contributed by atoms with E-state index in [1.54, 1.807) is 12.4 Å². The lowest BCUT2D eigenvalue weighted by Gasteiger charge is -2.20. The molecule has 3 N–H and O–H groups in total. The van der Waals surface area contributed by atoms with Gasteiger partial charge in [-0.3, -0.25) is 14.7 Å². The highest BCUT2D eigenvalue weighted by Crippen LogP contribution is 2.30. The summed E-state index contributed by atoms with van der Waals surface area (Å²) >= 11 is 0. The highest BCUT2D eigenvalue weighted by Gasteiger charge is 2.38. The third-order valence-corrected chi connectivity index (χ3v) is 3.60. The van der Waals surface area contributed by atoms with Crippen LogP contribution < -0.4 is 11.1 Å². The monoisotopic (exact) mass is 263 g/mol. The molecule has 19 heavy (non-hydrogen) atoms. The van der Waals surface area contributed by atoms with Gasteiger partial charge in [-0.05, 0) is 26.8 Å². The molecule has 1 aromatic rings. The van der Waals surface area contributed by atoms with Gasteiger partial charge in [0.2, 0.25) is 5.91 Å². The van der Waals surface area contributed by atoms with Crippen molar-refractivity contribution in [3.63, 3.8) is 0 Å². The van der Waals surface area contributed by atoms with Gasteiger partial charge in [0.15, 0.2) is 0 Å². The zero-order valence-corrected chi connectivity index (χ0v) is 11.5. The number of hydrogen-bond acceptors (Lipinski definition) is 5. The van der Waals surface area contributed by atoms with Crippen LogP contribution in [0, 0.1) is 5.41 Å². The number of nitrogens with one attached hydrogen (secondary N) is 1. The molecule has 1 aliphatic rings. The van der Waals surface area contributed by atoms with Crippen molar-refractivity contribution in [2.45, 2.75) is 26.8 Å². The summed E-state index contributed by atoms with van der Waals surface area (Å²) in [5.74, 6) is 0.568. The first-order valence-electron chi connectivity index (χ1n) is 6.60. The number of rotatable bonds is 5. The van der Waals surface area contributed by atoms with E-state index in [1.165, 1.54) is 0 Å². The van der Waals surface area contributed by atoms with E-state index in [-0.39, 0.29) is 5.91 Å². The van der Waals surface area contributed by atoms with Gasteiger partial charge in [-0.1, -0.05) is 0 Å². The van der Waals surface area contributed by atoms with Crippen molar-refractivity contribution in [2.24, 2.45) is 11.1 Å². The summed E-state index contributed by atoms with van der Waals surface area (Å²) in [6.07, 6.45) is 4.32. The van der Waals surface area contributed by atoms with E-state index in [9.17, 15) is 4.79 Å². The van der Waals surface area contributed by atoms with Gasteiger partial charge in [0.25, 0.3) is 0 Å². The summed E-state index contributed by atoms with van der Waals surface area (Å²) < 4.78 is 0. The number of primary amides is 1. The lowest BCUT2D eigenvalue weighted by atomic mass is 9.89. The Morgan fingerprint density at radius 1 is 1.53 bits per heavy atom. The molecular formula is C13H21N5O. The SMILES string of the molecule is CCNc1cnc(CN2CCC(C)(C(N)=O)C2)cn1. The van der Waals surface area contributed by atoms with Gasteiger partial charge >= 0.3 is 0 Å². The smallest absolute Gasteiger partial charge is 0.224 e. The summed E-state index contributed by atoms with van der Waals surface area (Å²) in [4.78, 5) is 22.3. The Morgan fingerprint density at radius 3 is 2.84 bits per heavy atom. The van der Waals surface area contributed by atoms with Crippen molar-refractivity contribution < 1.29 is 4.79 Å². The quantitative estimate of drug-likeness (QED) is 0.813. The average Bonchev–Trinajstić information content (AvgIpc) is 2.75. The van der Waals surface area contributed by atoms with Crippen molar-refractivity contribution >= 4 is 11.7 Å². The molecule has 1 fully saturated rings. The van der Waals surface area contributed by atoms with E-state index < -0.39 is 5.41 Å². The fourth-order valence-corrected chi connectivity index (χ4v) is 2.33. The number of aromatic nitrogens is 2. The van der Waals surface area contributed by atoms with Crippen LogP contribution in [0.25, 0.3) is 0 Å². The largest absolute Gasteiger partial charge is 0.369 e. The molecule has 0 radical (unpaired) electrons. The first-order chi connectivity index (χ1) is 9.03. The van der Waals surface area contributed by atoms with Gasteiger partial charge in [-0.15, -0.1) is 0 Å². The number of amides is 1. The lowest BCUT2D eigenvalue weighted by molar-refractivity contribution is -0.126. The fraction of sp³-hybridized carbons (Fsp3) is 0.615. The Bertz CT molecular complexity index is 447. The zero-order chi connectivity index (χ0) is 13.9. The van der Waals surface area contributed by atoms with Crippen LogP contribution in [0.1, 0.15) is 26.0 Å². The predicted octanol–water partition coefficient (Wildman–Crippen LogP) is 0.606. The van der Waals surface area contributed by atoms with Crippen LogP contribution in [0.2, 0.25) is 0 Å². The van der Waals surface area contributed by atoms with E-state index in [1.807, 2.05) is 13.8 Å². The molecule has 0 spiro atoms. The zero-order valence-electron chi connectivity index (χ0n) is 11.5. The van der Waals surface area contributed by atoms with Gasteiger partial charge in [0.05, 0.1) is 23.5 Å². The third-order valence-electron chi connectivity index (χ3n) is 3.60. The van der Waals surface area contributed by atoms with E-state index >= 15 is 0 Å². The molecular weight excluding hydrogens is 242 g/mol. The van der Waals surface area contributed by atoms with Gasteiger partial charge in [0, 0.05) is 19.6 Å². The number of carbonyl (C=O) groups is 1. The molecule has 6 nitrogen and oxygen atoms in total. The van der Waals surface area contributed by atoms with Crippen molar-refractivity contribution in [3.05, 3.63) is 18.1 Å². The van der Waals surface area contributed by atoms with Crippen LogP contribution in [0.15, 0.2) is 12.4 Å². The number of likely N-dealkylation sites (tertiary alicyclic amines) is 1. The summed E-state index contributed by atoms with van der Waals surface area (Å²) in [7, 11) is 0. The minimum Gasteiger partial charge on any atom is -0.369 e. The van der Waals surface area contributed by atoms with Crippen LogP contribution in [0.4, 0.5) is 5.82 Å². The van der Waals surface area contributed by atoms with E-state index in [2.05, 4.69) is 20.2 Å². The average molecular weight is 263 g/mol. The molecule has 6 heteroatoms. The molecule has 2 rings (SSSR count). The van der Waals surface area contributed by atoms with Crippen LogP contribution in [-0.4, -0.2) is 40.4 Å². The molecule has 1 atom stereocenters. The summed E-state index contributed by atoms with van der Waals surface area (Å²) in [5, 5.41) is 3.11. The molecule has 0 bridgehead atoms. The second-order valence-corrected chi connectivity index (χ2v) is 5.31.